The molecule has 26 heavy (non-hydrogen) atoms. The van der Waals surface area contributed by atoms with Crippen molar-refractivity contribution in [3.05, 3.63) is 59.4 Å². The lowest BCUT2D eigenvalue weighted by molar-refractivity contribution is 0.102. The molecule has 0 aliphatic heterocycles. The smallest absolute Gasteiger partial charge is 0.191 e. The monoisotopic (exact) mass is 366 g/mol. The van der Waals surface area contributed by atoms with E-state index in [0.29, 0.717) is 5.75 Å². The number of rotatable bonds is 7. The number of thioether (sulfide) groups is 1. The van der Waals surface area contributed by atoms with Gasteiger partial charge in [-0.3, -0.25) is 9.78 Å². The van der Waals surface area contributed by atoms with Crippen LogP contribution in [-0.2, 0) is 19.9 Å². The van der Waals surface area contributed by atoms with Crippen molar-refractivity contribution in [3.63, 3.8) is 0 Å². The van der Waals surface area contributed by atoms with Crippen LogP contribution in [0.4, 0.5) is 0 Å². The van der Waals surface area contributed by atoms with Gasteiger partial charge in [-0.25, -0.2) is 0 Å². The van der Waals surface area contributed by atoms with Crippen molar-refractivity contribution < 1.29 is 4.79 Å². The standard InChI is InChI=1S/C20H22N4OS/c1-4-14-6-7-15(5-2)17(12-14)18(25)13-26-20-23-22-19(24(20)3)16-8-10-21-11-9-16/h6-12H,4-5,13H2,1-3H3. The minimum atomic E-state index is 0.135. The second-order valence-electron chi connectivity index (χ2n) is 6.01. The molecule has 0 unspecified atom stereocenters. The van der Waals surface area contributed by atoms with E-state index in [1.54, 1.807) is 12.4 Å². The summed E-state index contributed by atoms with van der Waals surface area (Å²) in [6.07, 6.45) is 5.24. The second-order valence-corrected chi connectivity index (χ2v) is 6.95. The summed E-state index contributed by atoms with van der Waals surface area (Å²) in [5.41, 5.74) is 4.07. The van der Waals surface area contributed by atoms with Gasteiger partial charge in [0, 0.05) is 30.6 Å². The lowest BCUT2D eigenvalue weighted by atomic mass is 9.98. The van der Waals surface area contributed by atoms with Crippen LogP contribution in [0.15, 0.2) is 47.9 Å². The zero-order chi connectivity index (χ0) is 18.5. The maximum Gasteiger partial charge on any atom is 0.191 e. The molecule has 0 fully saturated rings. The first kappa shape index (κ1) is 18.3. The molecule has 0 atom stereocenters. The summed E-state index contributed by atoms with van der Waals surface area (Å²) in [6.45, 7) is 4.18. The molecular weight excluding hydrogens is 344 g/mol. The molecule has 5 nitrogen and oxygen atoms in total. The van der Waals surface area contributed by atoms with E-state index < -0.39 is 0 Å². The fraction of sp³-hybridized carbons (Fsp3) is 0.300. The molecule has 0 amide bonds. The number of hydrogen-bond donors (Lipinski definition) is 0. The zero-order valence-electron chi connectivity index (χ0n) is 15.3. The van der Waals surface area contributed by atoms with E-state index in [-0.39, 0.29) is 5.78 Å². The number of benzene rings is 1. The second kappa shape index (κ2) is 8.27. The summed E-state index contributed by atoms with van der Waals surface area (Å²) in [7, 11) is 1.91. The molecule has 2 aromatic heterocycles. The van der Waals surface area contributed by atoms with Gasteiger partial charge in [-0.05, 0) is 42.2 Å². The number of carbonyl (C=O) groups excluding carboxylic acids is 1. The van der Waals surface area contributed by atoms with E-state index >= 15 is 0 Å². The van der Waals surface area contributed by atoms with E-state index in [0.717, 1.165) is 40.5 Å². The Hall–Kier alpha value is -2.47. The number of nitrogens with zero attached hydrogens (tertiary/aromatic N) is 4. The Morgan fingerprint density at radius 3 is 2.54 bits per heavy atom. The number of carbonyl (C=O) groups is 1. The number of pyridine rings is 1. The molecule has 134 valence electrons. The zero-order valence-corrected chi connectivity index (χ0v) is 16.1. The summed E-state index contributed by atoms with van der Waals surface area (Å²) in [5, 5.41) is 9.22. The Kier molecular flexibility index (Phi) is 5.83. The first-order valence-corrected chi connectivity index (χ1v) is 9.70. The average Bonchev–Trinajstić information content (AvgIpc) is 3.06. The third-order valence-electron chi connectivity index (χ3n) is 4.37. The first-order valence-electron chi connectivity index (χ1n) is 8.71. The minimum Gasteiger partial charge on any atom is -0.305 e. The van der Waals surface area contributed by atoms with Crippen LogP contribution in [-0.4, -0.2) is 31.3 Å². The van der Waals surface area contributed by atoms with Gasteiger partial charge in [0.25, 0.3) is 0 Å². The number of ketones is 1. The summed E-state index contributed by atoms with van der Waals surface area (Å²) in [6, 6.07) is 9.99. The molecule has 0 bridgehead atoms. The third kappa shape index (κ3) is 3.85. The molecule has 1 aromatic carbocycles. The molecule has 2 heterocycles. The predicted molar refractivity (Wildman–Crippen MR) is 104 cm³/mol. The molecular formula is C20H22N4OS. The molecule has 0 aliphatic carbocycles. The molecule has 0 aliphatic rings. The summed E-state index contributed by atoms with van der Waals surface area (Å²) in [5.74, 6) is 1.25. The van der Waals surface area contributed by atoms with Gasteiger partial charge in [0.15, 0.2) is 16.8 Å². The maximum atomic E-state index is 12.8. The summed E-state index contributed by atoms with van der Waals surface area (Å²) < 4.78 is 1.91. The van der Waals surface area contributed by atoms with E-state index in [9.17, 15) is 4.79 Å². The van der Waals surface area contributed by atoms with Gasteiger partial charge in [0.05, 0.1) is 5.75 Å². The van der Waals surface area contributed by atoms with Gasteiger partial charge in [-0.1, -0.05) is 37.7 Å². The Bertz CT molecular complexity index is 905. The van der Waals surface area contributed by atoms with Crippen molar-refractivity contribution in [2.24, 2.45) is 7.05 Å². The van der Waals surface area contributed by atoms with Crippen LogP contribution in [0.5, 0.6) is 0 Å². The van der Waals surface area contributed by atoms with Crippen molar-refractivity contribution in [2.75, 3.05) is 5.75 Å². The average molecular weight is 366 g/mol. The molecule has 0 saturated heterocycles. The molecule has 3 rings (SSSR count). The number of aromatic nitrogens is 4. The molecule has 0 saturated carbocycles. The highest BCUT2D eigenvalue weighted by Crippen LogP contribution is 2.24. The molecule has 0 radical (unpaired) electrons. The highest BCUT2D eigenvalue weighted by molar-refractivity contribution is 7.99. The van der Waals surface area contributed by atoms with E-state index in [2.05, 4.69) is 41.2 Å². The van der Waals surface area contributed by atoms with Gasteiger partial charge in [0.2, 0.25) is 0 Å². The van der Waals surface area contributed by atoms with E-state index in [4.69, 9.17) is 0 Å². The van der Waals surface area contributed by atoms with E-state index in [1.165, 1.54) is 17.3 Å². The highest BCUT2D eigenvalue weighted by Gasteiger charge is 2.15. The third-order valence-corrected chi connectivity index (χ3v) is 5.39. The topological polar surface area (TPSA) is 60.7 Å². The van der Waals surface area contributed by atoms with Crippen molar-refractivity contribution in [1.82, 2.24) is 19.7 Å². The molecule has 0 N–H and O–H groups in total. The molecule has 3 aromatic rings. The SMILES string of the molecule is CCc1ccc(CC)c(C(=O)CSc2nnc(-c3ccncc3)n2C)c1. The summed E-state index contributed by atoms with van der Waals surface area (Å²) >= 11 is 1.42. The van der Waals surface area contributed by atoms with Crippen molar-refractivity contribution in [3.8, 4) is 11.4 Å². The lowest BCUT2D eigenvalue weighted by Crippen LogP contribution is -2.08. The Morgan fingerprint density at radius 1 is 1.08 bits per heavy atom. The Morgan fingerprint density at radius 2 is 1.85 bits per heavy atom. The largest absolute Gasteiger partial charge is 0.305 e. The van der Waals surface area contributed by atoms with Crippen molar-refractivity contribution in [2.45, 2.75) is 31.8 Å². The van der Waals surface area contributed by atoms with Crippen molar-refractivity contribution in [1.29, 1.82) is 0 Å². The fourth-order valence-electron chi connectivity index (χ4n) is 2.81. The van der Waals surface area contributed by atoms with Gasteiger partial charge >= 0.3 is 0 Å². The van der Waals surface area contributed by atoms with Crippen LogP contribution >= 0.6 is 11.8 Å². The Balaban J connectivity index is 1.76. The molecule has 6 heteroatoms. The Labute approximate surface area is 157 Å². The van der Waals surface area contributed by atoms with Gasteiger partial charge in [0.1, 0.15) is 0 Å². The maximum absolute atomic E-state index is 12.8. The number of aryl methyl sites for hydroxylation is 2. The number of hydrogen-bond acceptors (Lipinski definition) is 5. The van der Waals surface area contributed by atoms with Crippen LogP contribution in [0.25, 0.3) is 11.4 Å². The van der Waals surface area contributed by atoms with Gasteiger partial charge in [-0.15, -0.1) is 10.2 Å². The minimum absolute atomic E-state index is 0.135. The van der Waals surface area contributed by atoms with Crippen LogP contribution < -0.4 is 0 Å². The van der Waals surface area contributed by atoms with Gasteiger partial charge < -0.3 is 4.57 Å². The van der Waals surface area contributed by atoms with Crippen LogP contribution in [0.2, 0.25) is 0 Å². The van der Waals surface area contributed by atoms with Gasteiger partial charge in [-0.2, -0.15) is 0 Å². The first-order chi connectivity index (χ1) is 12.6. The number of Topliss-reactive ketones (excluding diaryl/α,β-unsaturated/α-hetero) is 1. The van der Waals surface area contributed by atoms with Crippen LogP contribution in [0.3, 0.4) is 0 Å². The molecule has 0 spiro atoms. The highest BCUT2D eigenvalue weighted by atomic mass is 32.2. The van der Waals surface area contributed by atoms with E-state index in [1.807, 2.05) is 29.8 Å². The normalized spacial score (nSPS) is 10.9. The van der Waals surface area contributed by atoms with Crippen LogP contribution in [0, 0.1) is 0 Å². The quantitative estimate of drug-likeness (QED) is 0.468. The van der Waals surface area contributed by atoms with Crippen molar-refractivity contribution >= 4 is 17.5 Å². The van der Waals surface area contributed by atoms with Crippen LogP contribution in [0.1, 0.15) is 35.3 Å². The summed E-state index contributed by atoms with van der Waals surface area (Å²) in [4.78, 5) is 16.8. The predicted octanol–water partition coefficient (Wildman–Crippen LogP) is 3.98. The lowest BCUT2D eigenvalue weighted by Gasteiger charge is -2.09. The fourth-order valence-corrected chi connectivity index (χ4v) is 3.61.